The molecule has 0 bridgehead atoms. The Balaban J connectivity index is -0.000000375. The average Bonchev–Trinajstić information content (AvgIpc) is 2.49. The van der Waals surface area contributed by atoms with Gasteiger partial charge in [-0.3, -0.25) is 9.59 Å². The molecule has 0 aliphatic carbocycles. The summed E-state index contributed by atoms with van der Waals surface area (Å²) in [4.78, 5) is 22.0. The second kappa shape index (κ2) is 14.6. The second-order valence-electron chi connectivity index (χ2n) is 9.00. The zero-order chi connectivity index (χ0) is 24.0. The summed E-state index contributed by atoms with van der Waals surface area (Å²) in [5.74, 6) is -0.802. The predicted octanol–water partition coefficient (Wildman–Crippen LogP) is 2.15. The van der Waals surface area contributed by atoms with Gasteiger partial charge in [0.15, 0.2) is 0 Å². The van der Waals surface area contributed by atoms with Crippen LogP contribution in [0.3, 0.4) is 0 Å². The summed E-state index contributed by atoms with van der Waals surface area (Å²) in [5, 5.41) is 21.6. The normalized spacial score (nSPS) is 10.2. The number of amides is 2. The molecule has 2 amide bonds. The maximum atomic E-state index is 11.1. The van der Waals surface area contributed by atoms with Crippen molar-refractivity contribution in [3.63, 3.8) is 0 Å². The fourth-order valence-corrected chi connectivity index (χ4v) is 1.35. The van der Waals surface area contributed by atoms with E-state index in [4.69, 9.17) is 5.41 Å². The second-order valence-corrected chi connectivity index (χ2v) is 9.00. The van der Waals surface area contributed by atoms with Crippen LogP contribution in [0.15, 0.2) is 36.5 Å². The molecule has 168 valence electrons. The Morgan fingerprint density at radius 2 is 1.31 bits per heavy atom. The van der Waals surface area contributed by atoms with E-state index in [9.17, 15) is 14.7 Å². The van der Waals surface area contributed by atoms with E-state index in [1.54, 1.807) is 13.8 Å². The number of carbonyl (C=O) groups excluding carboxylic acids is 2. The Labute approximate surface area is 177 Å². The van der Waals surface area contributed by atoms with E-state index in [0.29, 0.717) is 11.1 Å². The Morgan fingerprint density at radius 1 is 0.931 bits per heavy atom. The minimum Gasteiger partial charge on any atom is -0.859 e. The van der Waals surface area contributed by atoms with E-state index in [0.717, 1.165) is 24.0 Å². The monoisotopic (exact) mass is 410 g/mol. The van der Waals surface area contributed by atoms with Crippen LogP contribution in [0.5, 0.6) is 0 Å². The van der Waals surface area contributed by atoms with Crippen LogP contribution in [-0.2, 0) is 9.59 Å². The van der Waals surface area contributed by atoms with E-state index < -0.39 is 5.90 Å². The third kappa shape index (κ3) is 27.9. The van der Waals surface area contributed by atoms with Crippen LogP contribution in [0.1, 0.15) is 48.0 Å². The molecule has 7 heteroatoms. The van der Waals surface area contributed by atoms with Gasteiger partial charge in [0.05, 0.1) is 27.7 Å². The number of hydrogen-bond donors (Lipinski definition) is 3. The highest BCUT2D eigenvalue weighted by Crippen LogP contribution is 2.00. The third-order valence-electron chi connectivity index (χ3n) is 2.94. The first-order valence-corrected chi connectivity index (χ1v) is 9.43. The smallest absolute Gasteiger partial charge is 0.246 e. The lowest BCUT2D eigenvalue weighted by Gasteiger charge is -2.23. The first-order valence-electron chi connectivity index (χ1n) is 9.43. The van der Waals surface area contributed by atoms with Crippen LogP contribution in [0, 0.1) is 5.41 Å². The highest BCUT2D eigenvalue weighted by Gasteiger charge is 2.13. The van der Waals surface area contributed by atoms with Gasteiger partial charge in [-0.2, -0.15) is 0 Å². The average molecular weight is 411 g/mol. The Morgan fingerprint density at radius 3 is 1.52 bits per heavy atom. The lowest BCUT2D eigenvalue weighted by Crippen LogP contribution is -2.40. The molecule has 0 spiro atoms. The maximum Gasteiger partial charge on any atom is 0.246 e. The van der Waals surface area contributed by atoms with Crippen LogP contribution in [0.4, 0.5) is 0 Å². The van der Waals surface area contributed by atoms with Gasteiger partial charge in [-0.25, -0.2) is 0 Å². The fourth-order valence-electron chi connectivity index (χ4n) is 1.35. The minimum atomic E-state index is -0.685. The number of rotatable bonds is 7. The molecule has 3 N–H and O–H groups in total. The molecule has 0 aromatic carbocycles. The van der Waals surface area contributed by atoms with Crippen LogP contribution < -0.4 is 15.7 Å². The molecule has 0 saturated carbocycles. The zero-order valence-corrected chi connectivity index (χ0v) is 19.9. The van der Waals surface area contributed by atoms with Crippen molar-refractivity contribution < 1.29 is 19.2 Å². The van der Waals surface area contributed by atoms with Gasteiger partial charge in [-0.15, -0.1) is 0 Å². The van der Waals surface area contributed by atoms with E-state index in [2.05, 4.69) is 51.5 Å². The Hall–Kier alpha value is -2.41. The van der Waals surface area contributed by atoms with Crippen molar-refractivity contribution in [2.24, 2.45) is 0 Å². The van der Waals surface area contributed by atoms with Gasteiger partial charge in [0.2, 0.25) is 11.8 Å². The molecule has 29 heavy (non-hydrogen) atoms. The molecule has 0 aromatic heterocycles. The molecule has 0 fully saturated rings. The summed E-state index contributed by atoms with van der Waals surface area (Å²) in [6.07, 6.45) is 1.00. The molecular weight excluding hydrogens is 368 g/mol. The third-order valence-corrected chi connectivity index (χ3v) is 2.94. The molecule has 0 heterocycles. The minimum absolute atomic E-state index is 0.0404. The zero-order valence-electron chi connectivity index (χ0n) is 19.9. The summed E-state index contributed by atoms with van der Waals surface area (Å²) in [6, 6.07) is 0. The number of nitrogens with one attached hydrogen (secondary N) is 3. The van der Waals surface area contributed by atoms with Crippen molar-refractivity contribution in [2.45, 2.75) is 53.5 Å². The van der Waals surface area contributed by atoms with Gasteiger partial charge in [0.1, 0.15) is 0 Å². The molecule has 0 aliphatic heterocycles. The largest absolute Gasteiger partial charge is 0.859 e. The number of nitrogens with zero attached hydrogens (tertiary/aromatic N) is 1. The molecule has 0 aliphatic rings. The predicted molar refractivity (Wildman–Crippen MR) is 121 cm³/mol. The van der Waals surface area contributed by atoms with Crippen LogP contribution in [0.2, 0.25) is 0 Å². The van der Waals surface area contributed by atoms with Crippen molar-refractivity contribution in [1.82, 2.24) is 10.6 Å². The van der Waals surface area contributed by atoms with Crippen LogP contribution in [-0.4, -0.2) is 62.0 Å². The van der Waals surface area contributed by atoms with Crippen molar-refractivity contribution in [1.29, 1.82) is 5.41 Å². The lowest BCUT2D eigenvalue weighted by molar-refractivity contribution is -0.870. The van der Waals surface area contributed by atoms with Crippen molar-refractivity contribution in [2.75, 3.05) is 34.2 Å². The standard InChI is InChI=1S/C10H20N2O.C8H15NO.C4H7NO/c1-9(2)10(13)11-7-6-8-12(3,4)5;1-6(2)7(10)9-8(3,4)5;1-3(2)4(5)6/h1,6-8H2,2-5H3;1H2,2-5H3,(H,9,10);1H2,2H3,(H2,5,6). The van der Waals surface area contributed by atoms with E-state index in [1.807, 2.05) is 20.8 Å². The summed E-state index contributed by atoms with van der Waals surface area (Å²) < 4.78 is 0.933. The summed E-state index contributed by atoms with van der Waals surface area (Å²) in [6.45, 7) is 22.9. The van der Waals surface area contributed by atoms with E-state index >= 15 is 0 Å². The molecule has 0 rings (SSSR count). The van der Waals surface area contributed by atoms with Crippen molar-refractivity contribution in [3.8, 4) is 0 Å². The quantitative estimate of drug-likeness (QED) is 0.197. The molecular formula is C22H42N4O3. The number of hydrogen-bond acceptors (Lipinski definition) is 4. The van der Waals surface area contributed by atoms with Crippen LogP contribution >= 0.6 is 0 Å². The van der Waals surface area contributed by atoms with Crippen LogP contribution in [0.25, 0.3) is 0 Å². The molecule has 7 nitrogen and oxygen atoms in total. The SMILES string of the molecule is C=C(C)C(=N)[O-].C=C(C)C(=O)NC(C)(C)C.C=C(C)C(=O)NCCC[N+](C)(C)C. The molecule has 0 atom stereocenters. The van der Waals surface area contributed by atoms with E-state index in [-0.39, 0.29) is 22.9 Å². The molecule has 0 aromatic rings. The first kappa shape index (κ1) is 31.3. The number of quaternary nitrogens is 1. The summed E-state index contributed by atoms with van der Waals surface area (Å²) in [5.41, 5.74) is 1.26. The van der Waals surface area contributed by atoms with Crippen molar-refractivity contribution in [3.05, 3.63) is 36.5 Å². The van der Waals surface area contributed by atoms with Gasteiger partial charge >= 0.3 is 0 Å². The van der Waals surface area contributed by atoms with Gasteiger partial charge in [0, 0.05) is 29.7 Å². The fraction of sp³-hybridized carbons (Fsp3) is 0.591. The Bertz CT molecular complexity index is 582. The number of carbonyl (C=O) groups is 2. The molecule has 0 saturated heterocycles. The van der Waals surface area contributed by atoms with E-state index in [1.165, 1.54) is 6.92 Å². The van der Waals surface area contributed by atoms with Gasteiger partial charge in [0.25, 0.3) is 0 Å². The maximum absolute atomic E-state index is 11.1. The summed E-state index contributed by atoms with van der Waals surface area (Å²) in [7, 11) is 6.42. The molecule has 0 radical (unpaired) electrons. The Kier molecular flexibility index (Phi) is 15.7. The van der Waals surface area contributed by atoms with Crippen molar-refractivity contribution >= 4 is 17.7 Å². The first-order chi connectivity index (χ1) is 12.8. The summed E-state index contributed by atoms with van der Waals surface area (Å²) >= 11 is 0. The highest BCUT2D eigenvalue weighted by atomic mass is 16.3. The lowest BCUT2D eigenvalue weighted by atomic mass is 10.1. The molecule has 0 unspecified atom stereocenters. The van der Waals surface area contributed by atoms with Gasteiger partial charge in [-0.05, 0) is 53.0 Å². The van der Waals surface area contributed by atoms with Gasteiger partial charge < -0.3 is 25.6 Å². The van der Waals surface area contributed by atoms with Gasteiger partial charge in [-0.1, -0.05) is 19.7 Å². The topological polar surface area (TPSA) is 105 Å². The highest BCUT2D eigenvalue weighted by molar-refractivity contribution is 5.92.